The van der Waals surface area contributed by atoms with Gasteiger partial charge in [-0.3, -0.25) is 9.98 Å². The van der Waals surface area contributed by atoms with E-state index in [0.717, 1.165) is 62.0 Å². The van der Waals surface area contributed by atoms with Gasteiger partial charge in [0.25, 0.3) is 0 Å². The lowest BCUT2D eigenvalue weighted by atomic mass is 10.0. The van der Waals surface area contributed by atoms with Crippen molar-refractivity contribution in [3.05, 3.63) is 47.8 Å². The smallest absolute Gasteiger partial charge is 0.191 e. The first-order valence-electron chi connectivity index (χ1n) is 10.5. The summed E-state index contributed by atoms with van der Waals surface area (Å²) in [5.74, 6) is 2.50. The molecule has 2 N–H and O–H groups in total. The molecule has 0 bridgehead atoms. The summed E-state index contributed by atoms with van der Waals surface area (Å²) >= 11 is 0. The van der Waals surface area contributed by atoms with E-state index in [2.05, 4.69) is 50.6 Å². The van der Waals surface area contributed by atoms with Crippen molar-refractivity contribution < 1.29 is 9.47 Å². The van der Waals surface area contributed by atoms with Crippen LogP contribution in [0, 0.1) is 6.92 Å². The Hall–Kier alpha value is -2.96. The van der Waals surface area contributed by atoms with Crippen molar-refractivity contribution in [1.82, 2.24) is 15.6 Å². The van der Waals surface area contributed by atoms with Crippen LogP contribution in [0.25, 0.3) is 0 Å². The van der Waals surface area contributed by atoms with E-state index < -0.39 is 0 Å². The third kappa shape index (κ3) is 5.78. The topological polar surface area (TPSA) is 71.0 Å². The van der Waals surface area contributed by atoms with Gasteiger partial charge in [-0.25, -0.2) is 0 Å². The number of piperidine rings is 1. The molecule has 162 valence electrons. The molecule has 0 atom stereocenters. The van der Waals surface area contributed by atoms with Crippen LogP contribution >= 0.6 is 0 Å². The minimum atomic E-state index is 0.405. The molecule has 2 aromatic rings. The Kier molecular flexibility index (Phi) is 7.76. The zero-order valence-corrected chi connectivity index (χ0v) is 18.4. The minimum Gasteiger partial charge on any atom is -0.497 e. The number of aromatic nitrogens is 1. The summed E-state index contributed by atoms with van der Waals surface area (Å²) in [5, 5.41) is 7.01. The molecule has 30 heavy (non-hydrogen) atoms. The highest BCUT2D eigenvalue weighted by Gasteiger charge is 2.21. The minimum absolute atomic E-state index is 0.405. The zero-order valence-electron chi connectivity index (χ0n) is 18.4. The quantitative estimate of drug-likeness (QED) is 0.539. The Morgan fingerprint density at radius 1 is 1.17 bits per heavy atom. The summed E-state index contributed by atoms with van der Waals surface area (Å²) in [6.07, 6.45) is 6.80. The van der Waals surface area contributed by atoms with Gasteiger partial charge in [-0.15, -0.1) is 0 Å². The molecule has 3 rings (SSSR count). The van der Waals surface area contributed by atoms with Gasteiger partial charge in [0.2, 0.25) is 0 Å². The van der Waals surface area contributed by atoms with Gasteiger partial charge in [-0.05, 0) is 43.4 Å². The first kappa shape index (κ1) is 21.7. The molecular weight excluding hydrogens is 378 g/mol. The predicted molar refractivity (Wildman–Crippen MR) is 122 cm³/mol. The number of methoxy groups -OCH3 is 2. The summed E-state index contributed by atoms with van der Waals surface area (Å²) in [6, 6.07) is 8.52. The van der Waals surface area contributed by atoms with Crippen molar-refractivity contribution in [2.75, 3.05) is 45.8 Å². The molecule has 0 amide bonds. The molecule has 1 aliphatic heterocycles. The zero-order chi connectivity index (χ0) is 21.3. The second kappa shape index (κ2) is 10.7. The number of nitrogens with one attached hydrogen (secondary N) is 2. The van der Waals surface area contributed by atoms with Crippen molar-refractivity contribution in [1.29, 1.82) is 0 Å². The second-order valence-corrected chi connectivity index (χ2v) is 7.53. The summed E-state index contributed by atoms with van der Waals surface area (Å²) in [7, 11) is 5.19. The number of aliphatic imine (C=N–C) groups is 1. The lowest BCUT2D eigenvalue weighted by molar-refractivity contribution is 0.393. The SMILES string of the molecule is CN=C(NCCc1ccncc1C)NC1CCN(c2cc(OC)cc(OC)c2)CC1. The molecule has 1 aliphatic rings. The number of aryl methyl sites for hydroxylation is 1. The van der Waals surface area contributed by atoms with Gasteiger partial charge in [0.05, 0.1) is 14.2 Å². The van der Waals surface area contributed by atoms with E-state index in [1.165, 1.54) is 11.1 Å². The van der Waals surface area contributed by atoms with Gasteiger partial charge in [0, 0.05) is 69.0 Å². The first-order chi connectivity index (χ1) is 14.6. The highest BCUT2D eigenvalue weighted by atomic mass is 16.5. The van der Waals surface area contributed by atoms with E-state index in [9.17, 15) is 0 Å². The normalized spacial score (nSPS) is 15.1. The fourth-order valence-electron chi connectivity index (χ4n) is 3.74. The fraction of sp³-hybridized carbons (Fsp3) is 0.478. The maximum absolute atomic E-state index is 5.41. The predicted octanol–water partition coefficient (Wildman–Crippen LogP) is 2.78. The van der Waals surface area contributed by atoms with Crippen LogP contribution < -0.4 is 25.0 Å². The average molecular weight is 412 g/mol. The highest BCUT2D eigenvalue weighted by Crippen LogP contribution is 2.30. The summed E-state index contributed by atoms with van der Waals surface area (Å²) < 4.78 is 10.8. The largest absolute Gasteiger partial charge is 0.497 e. The molecule has 1 aromatic carbocycles. The molecule has 0 aliphatic carbocycles. The van der Waals surface area contributed by atoms with Crippen LogP contribution in [-0.2, 0) is 6.42 Å². The Morgan fingerprint density at radius 2 is 1.87 bits per heavy atom. The molecule has 7 nitrogen and oxygen atoms in total. The standard InChI is InChI=1S/C23H33N5O2/c1-17-16-25-9-5-18(17)6-10-26-23(24-2)27-19-7-11-28(12-8-19)20-13-21(29-3)15-22(14-20)30-4/h5,9,13-16,19H,6-8,10-12H2,1-4H3,(H2,24,26,27). The first-order valence-corrected chi connectivity index (χ1v) is 10.5. The summed E-state index contributed by atoms with van der Waals surface area (Å²) in [4.78, 5) is 10.9. The Bertz CT molecular complexity index is 825. The Labute approximate surface area is 179 Å². The van der Waals surface area contributed by atoms with Crippen LogP contribution in [-0.4, -0.2) is 57.9 Å². The van der Waals surface area contributed by atoms with Gasteiger partial charge in [0.15, 0.2) is 5.96 Å². The van der Waals surface area contributed by atoms with E-state index in [4.69, 9.17) is 9.47 Å². The third-order valence-corrected chi connectivity index (χ3v) is 5.58. The van der Waals surface area contributed by atoms with Gasteiger partial charge in [-0.2, -0.15) is 0 Å². The number of pyridine rings is 1. The van der Waals surface area contributed by atoms with Crippen molar-refractivity contribution in [3.8, 4) is 11.5 Å². The van der Waals surface area contributed by atoms with Crippen LogP contribution in [0.1, 0.15) is 24.0 Å². The van der Waals surface area contributed by atoms with E-state index in [1.807, 2.05) is 25.5 Å². The lowest BCUT2D eigenvalue weighted by Gasteiger charge is -2.34. The number of rotatable bonds is 7. The number of guanidine groups is 1. The van der Waals surface area contributed by atoms with Crippen LogP contribution in [0.15, 0.2) is 41.7 Å². The van der Waals surface area contributed by atoms with Crippen LogP contribution in [0.5, 0.6) is 11.5 Å². The van der Waals surface area contributed by atoms with E-state index >= 15 is 0 Å². The third-order valence-electron chi connectivity index (χ3n) is 5.58. The summed E-state index contributed by atoms with van der Waals surface area (Å²) in [6.45, 7) is 4.89. The molecule has 0 radical (unpaired) electrons. The molecule has 7 heteroatoms. The molecular formula is C23H33N5O2. The molecule has 1 aromatic heterocycles. The maximum atomic E-state index is 5.41. The number of hydrogen-bond donors (Lipinski definition) is 2. The molecule has 0 unspecified atom stereocenters. The molecule has 0 spiro atoms. The van der Waals surface area contributed by atoms with E-state index in [1.54, 1.807) is 14.2 Å². The van der Waals surface area contributed by atoms with Gasteiger partial charge in [-0.1, -0.05) is 0 Å². The molecule has 1 saturated heterocycles. The van der Waals surface area contributed by atoms with Gasteiger partial charge in [0.1, 0.15) is 11.5 Å². The van der Waals surface area contributed by atoms with Crippen molar-refractivity contribution in [2.24, 2.45) is 4.99 Å². The van der Waals surface area contributed by atoms with Crippen LogP contribution in [0.2, 0.25) is 0 Å². The average Bonchev–Trinajstić information content (AvgIpc) is 2.79. The molecule has 1 fully saturated rings. The van der Waals surface area contributed by atoms with Crippen LogP contribution in [0.4, 0.5) is 5.69 Å². The highest BCUT2D eigenvalue weighted by molar-refractivity contribution is 5.80. The number of nitrogens with zero attached hydrogens (tertiary/aromatic N) is 3. The maximum Gasteiger partial charge on any atom is 0.191 e. The van der Waals surface area contributed by atoms with Crippen molar-refractivity contribution in [2.45, 2.75) is 32.2 Å². The Balaban J connectivity index is 1.48. The van der Waals surface area contributed by atoms with Gasteiger partial charge < -0.3 is 25.0 Å². The Morgan fingerprint density at radius 3 is 2.47 bits per heavy atom. The second-order valence-electron chi connectivity index (χ2n) is 7.53. The van der Waals surface area contributed by atoms with Crippen molar-refractivity contribution in [3.63, 3.8) is 0 Å². The van der Waals surface area contributed by atoms with Crippen LogP contribution in [0.3, 0.4) is 0 Å². The summed E-state index contributed by atoms with van der Waals surface area (Å²) in [5.41, 5.74) is 3.68. The van der Waals surface area contributed by atoms with Crippen molar-refractivity contribution >= 4 is 11.6 Å². The van der Waals surface area contributed by atoms with E-state index in [-0.39, 0.29) is 0 Å². The number of ether oxygens (including phenoxy) is 2. The van der Waals surface area contributed by atoms with E-state index in [0.29, 0.717) is 6.04 Å². The number of anilines is 1. The lowest BCUT2D eigenvalue weighted by Crippen LogP contribution is -2.49. The van der Waals surface area contributed by atoms with Gasteiger partial charge >= 0.3 is 0 Å². The number of benzene rings is 1. The fourth-order valence-corrected chi connectivity index (χ4v) is 3.74. The monoisotopic (exact) mass is 411 g/mol. The number of hydrogen-bond acceptors (Lipinski definition) is 5. The molecule has 2 heterocycles. The molecule has 0 saturated carbocycles.